The number of nitro groups is 1. The third kappa shape index (κ3) is 3.04. The van der Waals surface area contributed by atoms with E-state index in [1.165, 1.54) is 17.8 Å². The second-order valence-corrected chi connectivity index (χ2v) is 5.78. The molecule has 0 unspecified atom stereocenters. The van der Waals surface area contributed by atoms with E-state index >= 15 is 0 Å². The van der Waals surface area contributed by atoms with Crippen molar-refractivity contribution in [2.24, 2.45) is 0 Å². The molecule has 0 aliphatic carbocycles. The number of nitrogens with zero attached hydrogens (tertiary/aromatic N) is 1. The number of para-hydroxylation sites is 1. The van der Waals surface area contributed by atoms with E-state index in [-0.39, 0.29) is 10.6 Å². The maximum Gasteiger partial charge on any atom is 0.283 e. The molecule has 0 heterocycles. The molecule has 2 rings (SSSR count). The van der Waals surface area contributed by atoms with Crippen molar-refractivity contribution >= 4 is 45.0 Å². The number of hydrogen-bond acceptors (Lipinski definition) is 3. The minimum Gasteiger partial charge on any atom is -0.258 e. The fraction of sp³-hybridized carbons (Fsp3) is 0. The lowest BCUT2D eigenvalue weighted by Crippen LogP contribution is -1.89. The summed E-state index contributed by atoms with van der Waals surface area (Å²) in [5.41, 5.74) is 0.105. The van der Waals surface area contributed by atoms with Crippen LogP contribution >= 0.6 is 39.3 Å². The van der Waals surface area contributed by atoms with Crippen LogP contribution < -0.4 is 0 Å². The maximum absolute atomic E-state index is 10.9. The molecule has 0 aromatic heterocycles. The number of benzene rings is 2. The number of halogens is 2. The first-order valence-corrected chi connectivity index (χ1v) is 6.93. The van der Waals surface area contributed by atoms with Gasteiger partial charge < -0.3 is 0 Å². The Kier molecular flexibility index (Phi) is 4.27. The van der Waals surface area contributed by atoms with Crippen LogP contribution in [-0.2, 0) is 0 Å². The molecule has 0 bridgehead atoms. The summed E-state index contributed by atoms with van der Waals surface area (Å²) >= 11 is 10.6. The first kappa shape index (κ1) is 13.4. The Morgan fingerprint density at radius 3 is 2.61 bits per heavy atom. The number of rotatable bonds is 3. The molecule has 2 aromatic carbocycles. The molecule has 2 aromatic rings. The van der Waals surface area contributed by atoms with Crippen LogP contribution in [0.15, 0.2) is 56.7 Å². The zero-order chi connectivity index (χ0) is 13.1. The van der Waals surface area contributed by atoms with E-state index in [0.717, 1.165) is 9.37 Å². The summed E-state index contributed by atoms with van der Waals surface area (Å²) < 4.78 is 0.771. The largest absolute Gasteiger partial charge is 0.283 e. The summed E-state index contributed by atoms with van der Waals surface area (Å²) in [6.45, 7) is 0. The Morgan fingerprint density at radius 1 is 1.22 bits per heavy atom. The predicted molar refractivity (Wildman–Crippen MR) is 76.4 cm³/mol. The monoisotopic (exact) mass is 343 g/mol. The molecule has 6 heteroatoms. The standard InChI is InChI=1S/C12H7BrClNO2S/c13-9-7-8(5-6-10(9)14)18-12-4-2-1-3-11(12)15(16)17/h1-7H. The molecule has 3 nitrogen and oxygen atoms in total. The van der Waals surface area contributed by atoms with Crippen molar-refractivity contribution < 1.29 is 4.92 Å². The molecular formula is C12H7BrClNO2S. The molecular weight excluding hydrogens is 338 g/mol. The second-order valence-electron chi connectivity index (χ2n) is 3.40. The lowest BCUT2D eigenvalue weighted by molar-refractivity contribution is -0.387. The molecule has 18 heavy (non-hydrogen) atoms. The van der Waals surface area contributed by atoms with Crippen LogP contribution in [0.3, 0.4) is 0 Å². The topological polar surface area (TPSA) is 43.1 Å². The molecule has 0 saturated carbocycles. The van der Waals surface area contributed by atoms with Gasteiger partial charge in [-0.2, -0.15) is 0 Å². The van der Waals surface area contributed by atoms with Crippen LogP contribution in [0.1, 0.15) is 0 Å². The van der Waals surface area contributed by atoms with E-state index < -0.39 is 0 Å². The van der Waals surface area contributed by atoms with Gasteiger partial charge in [0.25, 0.3) is 5.69 Å². The molecule has 0 amide bonds. The molecule has 92 valence electrons. The maximum atomic E-state index is 10.9. The summed E-state index contributed by atoms with van der Waals surface area (Å²) in [5, 5.41) is 11.5. The highest BCUT2D eigenvalue weighted by Crippen LogP contribution is 2.36. The minimum atomic E-state index is -0.382. The van der Waals surface area contributed by atoms with E-state index in [0.29, 0.717) is 9.92 Å². The van der Waals surface area contributed by atoms with E-state index in [9.17, 15) is 10.1 Å². The zero-order valence-electron chi connectivity index (χ0n) is 8.97. The van der Waals surface area contributed by atoms with Gasteiger partial charge in [-0.3, -0.25) is 10.1 Å². The smallest absolute Gasteiger partial charge is 0.258 e. The fourth-order valence-corrected chi connectivity index (χ4v) is 2.97. The third-order valence-corrected chi connectivity index (χ3v) is 4.45. The molecule has 0 atom stereocenters. The van der Waals surface area contributed by atoms with E-state index in [2.05, 4.69) is 15.9 Å². The van der Waals surface area contributed by atoms with Crippen LogP contribution in [0.4, 0.5) is 5.69 Å². The van der Waals surface area contributed by atoms with Crippen molar-refractivity contribution in [1.82, 2.24) is 0 Å². The predicted octanol–water partition coefficient (Wildman–Crippen LogP) is 5.16. The van der Waals surface area contributed by atoms with Crippen LogP contribution in [-0.4, -0.2) is 4.92 Å². The lowest BCUT2D eigenvalue weighted by atomic mass is 10.3. The van der Waals surface area contributed by atoms with Crippen molar-refractivity contribution in [3.63, 3.8) is 0 Å². The van der Waals surface area contributed by atoms with Gasteiger partial charge in [-0.15, -0.1) is 0 Å². The number of hydrogen-bond donors (Lipinski definition) is 0. The Morgan fingerprint density at radius 2 is 1.94 bits per heavy atom. The van der Waals surface area contributed by atoms with Gasteiger partial charge in [0.1, 0.15) is 0 Å². The summed E-state index contributed by atoms with van der Waals surface area (Å²) in [6, 6.07) is 12.1. The SMILES string of the molecule is O=[N+]([O-])c1ccccc1Sc1ccc(Cl)c(Br)c1. The highest BCUT2D eigenvalue weighted by Gasteiger charge is 2.13. The average molecular weight is 345 g/mol. The fourth-order valence-electron chi connectivity index (χ4n) is 1.36. The van der Waals surface area contributed by atoms with Gasteiger partial charge in [0.05, 0.1) is 14.8 Å². The van der Waals surface area contributed by atoms with Crippen LogP contribution in [0.5, 0.6) is 0 Å². The summed E-state index contributed by atoms with van der Waals surface area (Å²) in [7, 11) is 0. The molecule has 0 spiro atoms. The first-order chi connectivity index (χ1) is 8.58. The molecule has 0 aliphatic rings. The van der Waals surface area contributed by atoms with E-state index in [1.807, 2.05) is 12.1 Å². The van der Waals surface area contributed by atoms with Crippen LogP contribution in [0.2, 0.25) is 5.02 Å². The second kappa shape index (κ2) is 5.73. The molecule has 0 saturated heterocycles. The van der Waals surface area contributed by atoms with Crippen molar-refractivity contribution in [2.45, 2.75) is 9.79 Å². The van der Waals surface area contributed by atoms with Gasteiger partial charge >= 0.3 is 0 Å². The highest BCUT2D eigenvalue weighted by atomic mass is 79.9. The third-order valence-electron chi connectivity index (χ3n) is 2.18. The van der Waals surface area contributed by atoms with Gasteiger partial charge in [-0.25, -0.2) is 0 Å². The average Bonchev–Trinajstić information content (AvgIpc) is 2.34. The minimum absolute atomic E-state index is 0.105. The summed E-state index contributed by atoms with van der Waals surface area (Å²) in [6.07, 6.45) is 0. The summed E-state index contributed by atoms with van der Waals surface area (Å²) in [4.78, 5) is 12.0. The van der Waals surface area contributed by atoms with Crippen molar-refractivity contribution in [3.05, 3.63) is 62.1 Å². The zero-order valence-corrected chi connectivity index (χ0v) is 12.1. The van der Waals surface area contributed by atoms with Gasteiger partial charge in [0.15, 0.2) is 0 Å². The van der Waals surface area contributed by atoms with Crippen molar-refractivity contribution in [2.75, 3.05) is 0 Å². The Hall–Kier alpha value is -1.04. The first-order valence-electron chi connectivity index (χ1n) is 4.94. The molecule has 0 N–H and O–H groups in total. The summed E-state index contributed by atoms with van der Waals surface area (Å²) in [5.74, 6) is 0. The van der Waals surface area contributed by atoms with E-state index in [1.54, 1.807) is 24.3 Å². The van der Waals surface area contributed by atoms with Gasteiger partial charge in [-0.05, 0) is 40.2 Å². The van der Waals surface area contributed by atoms with Crippen molar-refractivity contribution in [1.29, 1.82) is 0 Å². The van der Waals surface area contributed by atoms with Gasteiger partial charge in [0, 0.05) is 15.4 Å². The van der Waals surface area contributed by atoms with E-state index in [4.69, 9.17) is 11.6 Å². The quantitative estimate of drug-likeness (QED) is 0.570. The Balaban J connectivity index is 2.34. The van der Waals surface area contributed by atoms with Crippen LogP contribution in [0.25, 0.3) is 0 Å². The number of nitro benzene ring substituents is 1. The lowest BCUT2D eigenvalue weighted by Gasteiger charge is -2.04. The Labute approximate surface area is 121 Å². The highest BCUT2D eigenvalue weighted by molar-refractivity contribution is 9.10. The Bertz CT molecular complexity index is 606. The van der Waals surface area contributed by atoms with Crippen molar-refractivity contribution in [3.8, 4) is 0 Å². The normalized spacial score (nSPS) is 10.3. The van der Waals surface area contributed by atoms with Gasteiger partial charge in [-0.1, -0.05) is 35.5 Å². The molecule has 0 aliphatic heterocycles. The van der Waals surface area contributed by atoms with Gasteiger partial charge in [0.2, 0.25) is 0 Å². The van der Waals surface area contributed by atoms with Crippen LogP contribution in [0, 0.1) is 10.1 Å². The molecule has 0 fully saturated rings. The molecule has 0 radical (unpaired) electrons.